The van der Waals surface area contributed by atoms with Crippen LogP contribution in [0.25, 0.3) is 0 Å². The molecule has 60 valence electrons. The standard InChI is InChI=1S/C7H11N3O/c1-6(8)4-10-5-9-3-2-7(10)11/h2-3,5-6H,4,8H2,1H3/t6-/m1/s1. The van der Waals surface area contributed by atoms with Crippen LogP contribution in [0.3, 0.4) is 0 Å². The Morgan fingerprint density at radius 2 is 2.55 bits per heavy atom. The number of aromatic nitrogens is 2. The first-order valence-electron chi connectivity index (χ1n) is 3.46. The van der Waals surface area contributed by atoms with Crippen molar-refractivity contribution in [3.8, 4) is 0 Å². The summed E-state index contributed by atoms with van der Waals surface area (Å²) in [5.41, 5.74) is 5.45. The lowest BCUT2D eigenvalue weighted by Gasteiger charge is -2.05. The van der Waals surface area contributed by atoms with Crippen molar-refractivity contribution in [3.63, 3.8) is 0 Å². The first kappa shape index (κ1) is 7.94. The molecule has 0 saturated carbocycles. The molecule has 2 N–H and O–H groups in total. The molecular weight excluding hydrogens is 142 g/mol. The molecule has 1 rings (SSSR count). The van der Waals surface area contributed by atoms with E-state index in [2.05, 4.69) is 4.98 Å². The van der Waals surface area contributed by atoms with E-state index in [0.29, 0.717) is 6.54 Å². The smallest absolute Gasteiger partial charge is 0.253 e. The molecule has 1 heterocycles. The Kier molecular flexibility index (Phi) is 2.38. The minimum atomic E-state index is -0.0581. The van der Waals surface area contributed by atoms with E-state index in [4.69, 9.17) is 5.73 Å². The normalized spacial score (nSPS) is 12.9. The van der Waals surface area contributed by atoms with E-state index in [1.807, 2.05) is 6.92 Å². The fourth-order valence-corrected chi connectivity index (χ4v) is 0.826. The highest BCUT2D eigenvalue weighted by atomic mass is 16.1. The Bertz CT molecular complexity index is 279. The van der Waals surface area contributed by atoms with Gasteiger partial charge in [0.15, 0.2) is 0 Å². The zero-order valence-electron chi connectivity index (χ0n) is 6.40. The van der Waals surface area contributed by atoms with Gasteiger partial charge in [0.1, 0.15) is 0 Å². The lowest BCUT2D eigenvalue weighted by Crippen LogP contribution is -2.29. The molecule has 0 radical (unpaired) electrons. The summed E-state index contributed by atoms with van der Waals surface area (Å²) in [5.74, 6) is 0. The van der Waals surface area contributed by atoms with Crippen LogP contribution >= 0.6 is 0 Å². The van der Waals surface area contributed by atoms with Crippen LogP contribution < -0.4 is 11.3 Å². The Balaban J connectivity index is 2.87. The summed E-state index contributed by atoms with van der Waals surface area (Å²) in [5, 5.41) is 0. The second-order valence-corrected chi connectivity index (χ2v) is 2.55. The van der Waals surface area contributed by atoms with Crippen molar-refractivity contribution in [2.45, 2.75) is 19.5 Å². The zero-order chi connectivity index (χ0) is 8.27. The quantitative estimate of drug-likeness (QED) is 0.628. The van der Waals surface area contributed by atoms with Crippen LogP contribution in [0.4, 0.5) is 0 Å². The van der Waals surface area contributed by atoms with Crippen molar-refractivity contribution in [1.29, 1.82) is 0 Å². The van der Waals surface area contributed by atoms with Gasteiger partial charge in [-0.2, -0.15) is 0 Å². The Morgan fingerprint density at radius 1 is 1.82 bits per heavy atom. The molecule has 0 saturated heterocycles. The third-order valence-electron chi connectivity index (χ3n) is 1.28. The van der Waals surface area contributed by atoms with Crippen molar-refractivity contribution in [1.82, 2.24) is 9.55 Å². The van der Waals surface area contributed by atoms with Crippen LogP contribution in [0, 0.1) is 0 Å². The average Bonchev–Trinajstić information content (AvgIpc) is 1.93. The van der Waals surface area contributed by atoms with Gasteiger partial charge in [0.2, 0.25) is 0 Å². The molecule has 1 aromatic rings. The van der Waals surface area contributed by atoms with Crippen LogP contribution in [-0.2, 0) is 6.54 Å². The van der Waals surface area contributed by atoms with E-state index >= 15 is 0 Å². The highest BCUT2D eigenvalue weighted by Gasteiger charge is 1.96. The van der Waals surface area contributed by atoms with Gasteiger partial charge in [-0.3, -0.25) is 9.36 Å². The first-order valence-corrected chi connectivity index (χ1v) is 3.46. The molecule has 0 aliphatic carbocycles. The summed E-state index contributed by atoms with van der Waals surface area (Å²) >= 11 is 0. The summed E-state index contributed by atoms with van der Waals surface area (Å²) in [6, 6.07) is 1.40. The van der Waals surface area contributed by atoms with E-state index in [9.17, 15) is 4.79 Å². The van der Waals surface area contributed by atoms with E-state index in [1.54, 1.807) is 0 Å². The molecule has 4 heteroatoms. The van der Waals surface area contributed by atoms with Crippen molar-refractivity contribution in [2.75, 3.05) is 0 Å². The highest BCUT2D eigenvalue weighted by molar-refractivity contribution is 4.82. The van der Waals surface area contributed by atoms with Crippen LogP contribution in [0.5, 0.6) is 0 Å². The second-order valence-electron chi connectivity index (χ2n) is 2.55. The molecule has 0 aliphatic heterocycles. The third-order valence-corrected chi connectivity index (χ3v) is 1.28. The molecule has 0 amide bonds. The summed E-state index contributed by atoms with van der Waals surface area (Å²) in [6.45, 7) is 2.37. The molecule has 0 aromatic carbocycles. The van der Waals surface area contributed by atoms with Crippen molar-refractivity contribution < 1.29 is 0 Å². The predicted octanol–water partition coefficient (Wildman–Crippen LogP) is -0.410. The maximum absolute atomic E-state index is 11.0. The summed E-state index contributed by atoms with van der Waals surface area (Å²) in [4.78, 5) is 14.8. The average molecular weight is 153 g/mol. The molecule has 1 atom stereocenters. The summed E-state index contributed by atoms with van der Waals surface area (Å²) in [6.07, 6.45) is 2.96. The molecule has 4 nitrogen and oxygen atoms in total. The Labute approximate surface area is 64.7 Å². The molecule has 0 aliphatic rings. The van der Waals surface area contributed by atoms with Crippen molar-refractivity contribution in [3.05, 3.63) is 28.9 Å². The molecule has 11 heavy (non-hydrogen) atoms. The molecule has 0 fully saturated rings. The largest absolute Gasteiger partial charge is 0.326 e. The van der Waals surface area contributed by atoms with Gasteiger partial charge in [-0.05, 0) is 6.92 Å². The molecule has 0 unspecified atom stereocenters. The van der Waals surface area contributed by atoms with Gasteiger partial charge in [-0.15, -0.1) is 0 Å². The van der Waals surface area contributed by atoms with Gasteiger partial charge in [-0.1, -0.05) is 0 Å². The van der Waals surface area contributed by atoms with Crippen LogP contribution in [-0.4, -0.2) is 15.6 Å². The predicted molar refractivity (Wildman–Crippen MR) is 42.1 cm³/mol. The van der Waals surface area contributed by atoms with Crippen LogP contribution in [0.15, 0.2) is 23.4 Å². The van der Waals surface area contributed by atoms with Gasteiger partial charge < -0.3 is 5.73 Å². The van der Waals surface area contributed by atoms with E-state index < -0.39 is 0 Å². The monoisotopic (exact) mass is 153 g/mol. The van der Waals surface area contributed by atoms with E-state index in [0.717, 1.165) is 0 Å². The number of nitrogens with two attached hydrogens (primary N) is 1. The van der Waals surface area contributed by atoms with Gasteiger partial charge in [0, 0.05) is 24.8 Å². The molecule has 1 aromatic heterocycles. The number of hydrogen-bond donors (Lipinski definition) is 1. The Morgan fingerprint density at radius 3 is 3.09 bits per heavy atom. The van der Waals surface area contributed by atoms with Gasteiger partial charge in [0.05, 0.1) is 6.33 Å². The maximum atomic E-state index is 11.0. The minimum Gasteiger partial charge on any atom is -0.326 e. The van der Waals surface area contributed by atoms with Crippen LogP contribution in [0.1, 0.15) is 6.92 Å². The first-order chi connectivity index (χ1) is 5.20. The minimum absolute atomic E-state index is 0.0168. The summed E-state index contributed by atoms with van der Waals surface area (Å²) < 4.78 is 1.49. The fourth-order valence-electron chi connectivity index (χ4n) is 0.826. The molecule has 0 bridgehead atoms. The van der Waals surface area contributed by atoms with E-state index in [-0.39, 0.29) is 11.6 Å². The van der Waals surface area contributed by atoms with Gasteiger partial charge in [-0.25, -0.2) is 4.98 Å². The topological polar surface area (TPSA) is 60.9 Å². The second kappa shape index (κ2) is 3.30. The van der Waals surface area contributed by atoms with Crippen molar-refractivity contribution in [2.24, 2.45) is 5.73 Å². The summed E-state index contributed by atoms with van der Waals surface area (Å²) in [7, 11) is 0. The van der Waals surface area contributed by atoms with Crippen molar-refractivity contribution >= 4 is 0 Å². The van der Waals surface area contributed by atoms with E-state index in [1.165, 1.54) is 23.2 Å². The molecule has 0 spiro atoms. The number of nitrogens with zero attached hydrogens (tertiary/aromatic N) is 2. The number of hydrogen-bond acceptors (Lipinski definition) is 3. The Hall–Kier alpha value is -1.16. The van der Waals surface area contributed by atoms with Gasteiger partial charge >= 0.3 is 0 Å². The SMILES string of the molecule is C[C@@H](N)Cn1cnccc1=O. The number of rotatable bonds is 2. The highest BCUT2D eigenvalue weighted by Crippen LogP contribution is 1.81. The fraction of sp³-hybridized carbons (Fsp3) is 0.429. The lowest BCUT2D eigenvalue weighted by molar-refractivity contribution is 0.566. The molecular formula is C7H11N3O. The maximum Gasteiger partial charge on any atom is 0.253 e. The van der Waals surface area contributed by atoms with Crippen LogP contribution in [0.2, 0.25) is 0 Å². The lowest BCUT2D eigenvalue weighted by atomic mass is 10.3. The zero-order valence-corrected chi connectivity index (χ0v) is 6.40. The van der Waals surface area contributed by atoms with Gasteiger partial charge in [0.25, 0.3) is 5.56 Å². The third kappa shape index (κ3) is 2.16.